The van der Waals surface area contributed by atoms with Crippen LogP contribution in [0, 0.1) is 0 Å². The average molecular weight is 534 g/mol. The second kappa shape index (κ2) is 12.1. The second-order valence-corrected chi connectivity index (χ2v) is 10.6. The van der Waals surface area contributed by atoms with Crippen LogP contribution in [0.15, 0.2) is 102 Å². The SMILES string of the molecule is CCCOc1ccccc1-c1ccc(C(=O)NS(=O)(=O)c2ccccc2Cl)c(CCc2ccccc2)c1. The number of aryl methyl sites for hydroxylation is 2. The highest BCUT2D eigenvalue weighted by Gasteiger charge is 2.23. The van der Waals surface area contributed by atoms with Gasteiger partial charge in [0.05, 0.1) is 11.6 Å². The minimum absolute atomic E-state index is 0.0473. The lowest BCUT2D eigenvalue weighted by atomic mass is 9.94. The number of rotatable bonds is 10. The van der Waals surface area contributed by atoms with Crippen LogP contribution in [0.25, 0.3) is 11.1 Å². The van der Waals surface area contributed by atoms with Crippen LogP contribution in [0.4, 0.5) is 0 Å². The molecule has 4 aromatic carbocycles. The van der Waals surface area contributed by atoms with Gasteiger partial charge in [-0.3, -0.25) is 4.79 Å². The first-order chi connectivity index (χ1) is 17.9. The van der Waals surface area contributed by atoms with Crippen LogP contribution < -0.4 is 9.46 Å². The van der Waals surface area contributed by atoms with Crippen LogP contribution in [-0.2, 0) is 22.9 Å². The molecule has 1 N–H and O–H groups in total. The molecule has 0 heterocycles. The smallest absolute Gasteiger partial charge is 0.265 e. The number of carbonyl (C=O) groups is 1. The molecule has 7 heteroatoms. The lowest BCUT2D eigenvalue weighted by Gasteiger charge is -2.15. The average Bonchev–Trinajstić information content (AvgIpc) is 2.91. The fraction of sp³-hybridized carbons (Fsp3) is 0.167. The maximum Gasteiger partial charge on any atom is 0.265 e. The van der Waals surface area contributed by atoms with E-state index < -0.39 is 15.9 Å². The molecule has 0 spiro atoms. The zero-order valence-corrected chi connectivity index (χ0v) is 22.1. The topological polar surface area (TPSA) is 72.5 Å². The van der Waals surface area contributed by atoms with E-state index in [1.807, 2.05) is 73.7 Å². The lowest BCUT2D eigenvalue weighted by molar-refractivity contribution is 0.0980. The van der Waals surface area contributed by atoms with Crippen LogP contribution in [-0.4, -0.2) is 20.9 Å². The molecule has 0 aliphatic rings. The van der Waals surface area contributed by atoms with E-state index in [-0.39, 0.29) is 9.92 Å². The van der Waals surface area contributed by atoms with E-state index in [0.29, 0.717) is 25.0 Å². The minimum atomic E-state index is -4.15. The summed E-state index contributed by atoms with van der Waals surface area (Å²) >= 11 is 6.08. The van der Waals surface area contributed by atoms with Crippen molar-refractivity contribution >= 4 is 27.5 Å². The number of sulfonamides is 1. The van der Waals surface area contributed by atoms with Crippen LogP contribution in [0.5, 0.6) is 5.75 Å². The highest BCUT2D eigenvalue weighted by molar-refractivity contribution is 7.90. The van der Waals surface area contributed by atoms with Crippen molar-refractivity contribution < 1.29 is 17.9 Å². The predicted molar refractivity (Wildman–Crippen MR) is 148 cm³/mol. The number of halogens is 1. The molecule has 5 nitrogen and oxygen atoms in total. The molecule has 0 saturated heterocycles. The van der Waals surface area contributed by atoms with Gasteiger partial charge in [0.15, 0.2) is 0 Å². The predicted octanol–water partition coefficient (Wildman–Crippen LogP) is 6.70. The fourth-order valence-corrected chi connectivity index (χ4v) is 5.54. The molecule has 4 rings (SSSR count). The third-order valence-corrected chi connectivity index (χ3v) is 7.72. The van der Waals surface area contributed by atoms with E-state index in [4.69, 9.17) is 16.3 Å². The van der Waals surface area contributed by atoms with Crippen molar-refractivity contribution in [3.63, 3.8) is 0 Å². The molecular formula is C30H28ClNO4S. The van der Waals surface area contributed by atoms with Crippen LogP contribution in [0.2, 0.25) is 5.02 Å². The quantitative estimate of drug-likeness (QED) is 0.246. The molecule has 0 unspecified atom stereocenters. The Morgan fingerprint density at radius 1 is 0.865 bits per heavy atom. The van der Waals surface area contributed by atoms with Crippen LogP contribution >= 0.6 is 11.6 Å². The van der Waals surface area contributed by atoms with Gasteiger partial charge >= 0.3 is 0 Å². The summed E-state index contributed by atoms with van der Waals surface area (Å²) in [5.41, 5.74) is 3.95. The number of carbonyl (C=O) groups excluding carboxylic acids is 1. The van der Waals surface area contributed by atoms with E-state index in [9.17, 15) is 13.2 Å². The zero-order chi connectivity index (χ0) is 26.3. The number of ether oxygens (including phenoxy) is 1. The van der Waals surface area contributed by atoms with E-state index >= 15 is 0 Å². The first-order valence-corrected chi connectivity index (χ1v) is 14.0. The Morgan fingerprint density at radius 3 is 2.32 bits per heavy atom. The second-order valence-electron chi connectivity index (χ2n) is 8.57. The molecule has 190 valence electrons. The standard InChI is InChI=1S/C30H28ClNO4S/c1-2-20-36-28-14-8-6-12-25(28)23-18-19-26(24(21-23)17-16-22-10-4-3-5-11-22)30(33)32-37(34,35)29-15-9-7-13-27(29)31/h3-15,18-19,21H,2,16-17,20H2,1H3,(H,32,33). The largest absolute Gasteiger partial charge is 0.493 e. The Morgan fingerprint density at radius 2 is 1.57 bits per heavy atom. The number of amides is 1. The van der Waals surface area contributed by atoms with Gasteiger partial charge in [-0.2, -0.15) is 0 Å². The van der Waals surface area contributed by atoms with Crippen LogP contribution in [0.1, 0.15) is 34.8 Å². The fourth-order valence-electron chi connectivity index (χ4n) is 4.05. The van der Waals surface area contributed by atoms with Crippen molar-refractivity contribution in [2.24, 2.45) is 0 Å². The summed E-state index contributed by atoms with van der Waals surface area (Å²) in [6.07, 6.45) is 2.12. The highest BCUT2D eigenvalue weighted by Crippen LogP contribution is 2.32. The first kappa shape index (κ1) is 26.5. The Labute approximate surface area is 223 Å². The van der Waals surface area contributed by atoms with E-state index in [2.05, 4.69) is 4.72 Å². The number of nitrogens with one attached hydrogen (secondary N) is 1. The maximum absolute atomic E-state index is 13.3. The molecule has 0 saturated carbocycles. The Hall–Kier alpha value is -3.61. The molecule has 0 fully saturated rings. The summed E-state index contributed by atoms with van der Waals surface area (Å²) in [5.74, 6) is 0.0573. The van der Waals surface area contributed by atoms with Crippen molar-refractivity contribution in [1.82, 2.24) is 4.72 Å². The van der Waals surface area contributed by atoms with Gasteiger partial charge in [-0.05, 0) is 60.2 Å². The molecule has 37 heavy (non-hydrogen) atoms. The Kier molecular flexibility index (Phi) is 8.64. The maximum atomic E-state index is 13.3. The molecule has 0 aromatic heterocycles. The molecule has 0 bridgehead atoms. The van der Waals surface area contributed by atoms with Crippen molar-refractivity contribution in [1.29, 1.82) is 0 Å². The molecular weight excluding hydrogens is 506 g/mol. The Balaban J connectivity index is 1.70. The summed E-state index contributed by atoms with van der Waals surface area (Å²) in [7, 11) is -4.15. The van der Waals surface area contributed by atoms with Crippen molar-refractivity contribution in [3.8, 4) is 16.9 Å². The molecule has 0 radical (unpaired) electrons. The first-order valence-electron chi connectivity index (χ1n) is 12.1. The summed E-state index contributed by atoms with van der Waals surface area (Å²) < 4.78 is 34.0. The van der Waals surface area contributed by atoms with Gasteiger partial charge in [0.2, 0.25) is 0 Å². The van der Waals surface area contributed by atoms with Gasteiger partial charge in [0, 0.05) is 11.1 Å². The molecule has 0 aliphatic heterocycles. The summed E-state index contributed by atoms with van der Waals surface area (Å²) in [6, 6.07) is 29.2. The van der Waals surface area contributed by atoms with E-state index in [1.165, 1.54) is 12.1 Å². The summed E-state index contributed by atoms with van der Waals surface area (Å²) in [5, 5.41) is 0.0473. The minimum Gasteiger partial charge on any atom is -0.493 e. The van der Waals surface area contributed by atoms with Gasteiger partial charge in [-0.15, -0.1) is 0 Å². The normalized spacial score (nSPS) is 11.2. The summed E-state index contributed by atoms with van der Waals surface area (Å²) in [6.45, 7) is 2.65. The summed E-state index contributed by atoms with van der Waals surface area (Å²) in [4.78, 5) is 13.1. The highest BCUT2D eigenvalue weighted by atomic mass is 35.5. The molecule has 4 aromatic rings. The van der Waals surface area contributed by atoms with Gasteiger partial charge in [-0.25, -0.2) is 13.1 Å². The molecule has 0 aliphatic carbocycles. The third-order valence-electron chi connectivity index (χ3n) is 5.89. The number of para-hydroxylation sites is 1. The molecule has 1 amide bonds. The monoisotopic (exact) mass is 533 g/mol. The lowest BCUT2D eigenvalue weighted by Crippen LogP contribution is -2.31. The van der Waals surface area contributed by atoms with Crippen molar-refractivity contribution in [2.45, 2.75) is 31.1 Å². The molecule has 0 atom stereocenters. The van der Waals surface area contributed by atoms with Crippen LogP contribution in [0.3, 0.4) is 0 Å². The van der Waals surface area contributed by atoms with Gasteiger partial charge in [-0.1, -0.05) is 91.3 Å². The number of hydrogen-bond donors (Lipinski definition) is 1. The van der Waals surface area contributed by atoms with Gasteiger partial charge in [0.1, 0.15) is 10.6 Å². The Bertz CT molecular complexity index is 1490. The van der Waals surface area contributed by atoms with Crippen molar-refractivity contribution in [2.75, 3.05) is 6.61 Å². The van der Waals surface area contributed by atoms with E-state index in [1.54, 1.807) is 18.2 Å². The van der Waals surface area contributed by atoms with E-state index in [0.717, 1.165) is 34.4 Å². The number of hydrogen-bond acceptors (Lipinski definition) is 4. The number of benzene rings is 4. The van der Waals surface area contributed by atoms with Crippen molar-refractivity contribution in [3.05, 3.63) is 119 Å². The zero-order valence-electron chi connectivity index (χ0n) is 20.5. The van der Waals surface area contributed by atoms with Gasteiger partial charge < -0.3 is 4.74 Å². The third kappa shape index (κ3) is 6.59. The van der Waals surface area contributed by atoms with Gasteiger partial charge in [0.25, 0.3) is 15.9 Å².